The molecule has 3 aromatic rings. The Morgan fingerprint density at radius 2 is 1.86 bits per heavy atom. The highest BCUT2D eigenvalue weighted by Gasteiger charge is 2.20. The highest BCUT2D eigenvalue weighted by atomic mass is 16.5. The van der Waals surface area contributed by atoms with Crippen LogP contribution in [0.3, 0.4) is 0 Å². The molecule has 2 N–H and O–H groups in total. The first-order chi connectivity index (χ1) is 13.2. The minimum Gasteiger partial charge on any atom is -0.359 e. The Labute approximate surface area is 162 Å². The molecule has 2 amide bonds. The van der Waals surface area contributed by atoms with E-state index in [-0.39, 0.29) is 23.7 Å². The second-order valence-electron chi connectivity index (χ2n) is 7.61. The topological polar surface area (TPSA) is 102 Å². The van der Waals surface area contributed by atoms with E-state index in [2.05, 4.69) is 20.9 Å². The van der Waals surface area contributed by atoms with Crippen molar-refractivity contribution in [2.75, 3.05) is 10.6 Å². The van der Waals surface area contributed by atoms with E-state index in [1.807, 2.05) is 20.8 Å². The summed E-state index contributed by atoms with van der Waals surface area (Å²) in [6, 6.07) is 8.83. The zero-order valence-electron chi connectivity index (χ0n) is 16.3. The molecule has 2 heterocycles. The van der Waals surface area contributed by atoms with Crippen molar-refractivity contribution in [3.05, 3.63) is 59.6 Å². The quantitative estimate of drug-likeness (QED) is 0.707. The minimum atomic E-state index is -0.237. The molecule has 0 saturated carbocycles. The number of hydrogen-bond acceptors (Lipinski definition) is 5. The van der Waals surface area contributed by atoms with E-state index in [1.165, 1.54) is 6.20 Å². The Morgan fingerprint density at radius 3 is 2.43 bits per heavy atom. The molecule has 0 saturated heterocycles. The zero-order valence-corrected chi connectivity index (χ0v) is 16.3. The maximum Gasteiger partial charge on any atom is 0.258 e. The van der Waals surface area contributed by atoms with Crippen LogP contribution >= 0.6 is 0 Å². The van der Waals surface area contributed by atoms with Crippen molar-refractivity contribution in [1.82, 2.24) is 14.9 Å². The van der Waals surface area contributed by atoms with Crippen molar-refractivity contribution in [1.29, 1.82) is 0 Å². The molecule has 0 aliphatic rings. The normalized spacial score (nSPS) is 11.3. The Hall–Kier alpha value is -3.42. The number of nitrogens with one attached hydrogen (secondary N) is 2. The number of carbonyl (C=O) groups is 2. The van der Waals surface area contributed by atoms with Gasteiger partial charge >= 0.3 is 0 Å². The second kappa shape index (κ2) is 7.67. The molecule has 0 atom stereocenters. The van der Waals surface area contributed by atoms with Gasteiger partial charge in [-0.05, 0) is 17.7 Å². The van der Waals surface area contributed by atoms with E-state index in [9.17, 15) is 9.59 Å². The molecule has 3 rings (SSSR count). The van der Waals surface area contributed by atoms with Gasteiger partial charge in [0.05, 0.1) is 18.2 Å². The Bertz CT molecular complexity index is 980. The van der Waals surface area contributed by atoms with Gasteiger partial charge in [-0.3, -0.25) is 14.3 Å². The van der Waals surface area contributed by atoms with Crippen LogP contribution in [0.4, 0.5) is 11.5 Å². The Balaban J connectivity index is 1.55. The molecule has 0 fully saturated rings. The van der Waals surface area contributed by atoms with Gasteiger partial charge in [0.25, 0.3) is 5.91 Å². The number of amides is 2. The van der Waals surface area contributed by atoms with Gasteiger partial charge in [-0.1, -0.05) is 38.1 Å². The van der Waals surface area contributed by atoms with Gasteiger partial charge < -0.3 is 15.2 Å². The highest BCUT2D eigenvalue weighted by molar-refractivity contribution is 6.04. The monoisotopic (exact) mass is 381 g/mol. The van der Waals surface area contributed by atoms with Gasteiger partial charge in [0.2, 0.25) is 5.91 Å². The summed E-state index contributed by atoms with van der Waals surface area (Å²) in [5.74, 6) is 0.673. The van der Waals surface area contributed by atoms with Crippen LogP contribution in [0.5, 0.6) is 0 Å². The van der Waals surface area contributed by atoms with Crippen molar-refractivity contribution < 1.29 is 14.1 Å². The summed E-state index contributed by atoms with van der Waals surface area (Å²) in [7, 11) is 1.75. The molecule has 0 unspecified atom stereocenters. The van der Waals surface area contributed by atoms with E-state index in [0.29, 0.717) is 22.8 Å². The van der Waals surface area contributed by atoms with Crippen LogP contribution < -0.4 is 10.6 Å². The molecule has 8 heteroatoms. The average Bonchev–Trinajstić information content (AvgIpc) is 3.25. The SMILES string of the molecule is Cn1cc(C(=O)Nc2ccc(CC(=O)Nc3cc(C(C)(C)C)on3)cc2)cn1. The molecule has 0 spiro atoms. The van der Waals surface area contributed by atoms with E-state index < -0.39 is 0 Å². The van der Waals surface area contributed by atoms with E-state index in [0.717, 1.165) is 5.56 Å². The smallest absolute Gasteiger partial charge is 0.258 e. The number of aromatic nitrogens is 3. The van der Waals surface area contributed by atoms with Crippen LogP contribution in [0.15, 0.2) is 47.2 Å². The number of hydrogen-bond donors (Lipinski definition) is 2. The summed E-state index contributed by atoms with van der Waals surface area (Å²) in [5, 5.41) is 13.4. The number of rotatable bonds is 5. The molecular weight excluding hydrogens is 358 g/mol. The van der Waals surface area contributed by atoms with Gasteiger partial charge in [-0.15, -0.1) is 0 Å². The fraction of sp³-hybridized carbons (Fsp3) is 0.300. The summed E-state index contributed by atoms with van der Waals surface area (Å²) < 4.78 is 6.83. The molecule has 0 radical (unpaired) electrons. The number of carbonyl (C=O) groups excluding carboxylic acids is 2. The molecule has 2 aromatic heterocycles. The predicted molar refractivity (Wildman–Crippen MR) is 105 cm³/mol. The molecule has 8 nitrogen and oxygen atoms in total. The predicted octanol–water partition coefficient (Wildman–Crippen LogP) is 3.14. The first-order valence-electron chi connectivity index (χ1n) is 8.87. The van der Waals surface area contributed by atoms with E-state index in [1.54, 1.807) is 48.3 Å². The third-order valence-electron chi connectivity index (χ3n) is 4.06. The van der Waals surface area contributed by atoms with E-state index >= 15 is 0 Å². The lowest BCUT2D eigenvalue weighted by molar-refractivity contribution is -0.115. The van der Waals surface area contributed by atoms with Gasteiger partial charge in [0.1, 0.15) is 5.76 Å². The van der Waals surface area contributed by atoms with Gasteiger partial charge in [0.15, 0.2) is 5.82 Å². The van der Waals surface area contributed by atoms with Crippen LogP contribution in [-0.2, 0) is 23.7 Å². The second-order valence-corrected chi connectivity index (χ2v) is 7.61. The van der Waals surface area contributed by atoms with Crippen molar-refractivity contribution >= 4 is 23.3 Å². The molecular formula is C20H23N5O3. The third-order valence-corrected chi connectivity index (χ3v) is 4.06. The lowest BCUT2D eigenvalue weighted by atomic mass is 9.93. The van der Waals surface area contributed by atoms with Gasteiger partial charge in [-0.2, -0.15) is 5.10 Å². The number of nitrogens with zero attached hydrogens (tertiary/aromatic N) is 3. The summed E-state index contributed by atoms with van der Waals surface area (Å²) in [6.07, 6.45) is 3.33. The molecule has 1 aromatic carbocycles. The average molecular weight is 381 g/mol. The first-order valence-corrected chi connectivity index (χ1v) is 8.87. The number of benzene rings is 1. The highest BCUT2D eigenvalue weighted by Crippen LogP contribution is 2.24. The lowest BCUT2D eigenvalue weighted by Crippen LogP contribution is -2.15. The van der Waals surface area contributed by atoms with Crippen LogP contribution in [0.1, 0.15) is 42.5 Å². The number of aryl methyl sites for hydroxylation is 1. The van der Waals surface area contributed by atoms with Crippen molar-refractivity contribution in [2.24, 2.45) is 7.05 Å². The Morgan fingerprint density at radius 1 is 1.14 bits per heavy atom. The molecule has 0 aliphatic carbocycles. The van der Waals surface area contributed by atoms with Crippen molar-refractivity contribution in [2.45, 2.75) is 32.6 Å². The molecule has 28 heavy (non-hydrogen) atoms. The van der Waals surface area contributed by atoms with Crippen molar-refractivity contribution in [3.8, 4) is 0 Å². The van der Waals surface area contributed by atoms with Crippen LogP contribution in [-0.4, -0.2) is 26.8 Å². The zero-order chi connectivity index (χ0) is 20.3. The van der Waals surface area contributed by atoms with Crippen LogP contribution in [0.2, 0.25) is 0 Å². The van der Waals surface area contributed by atoms with Gasteiger partial charge in [0, 0.05) is 30.4 Å². The van der Waals surface area contributed by atoms with Gasteiger partial charge in [-0.25, -0.2) is 0 Å². The largest absolute Gasteiger partial charge is 0.359 e. The van der Waals surface area contributed by atoms with Crippen molar-refractivity contribution in [3.63, 3.8) is 0 Å². The summed E-state index contributed by atoms with van der Waals surface area (Å²) in [4.78, 5) is 24.3. The summed E-state index contributed by atoms with van der Waals surface area (Å²) in [6.45, 7) is 6.02. The minimum absolute atomic E-state index is 0.175. The lowest BCUT2D eigenvalue weighted by Gasteiger charge is -2.12. The van der Waals surface area contributed by atoms with Crippen LogP contribution in [0, 0.1) is 0 Å². The standard InChI is InChI=1S/C20H23N5O3/c1-20(2,3)16-10-17(24-28-16)23-18(26)9-13-5-7-15(8-6-13)22-19(27)14-11-21-25(4)12-14/h5-8,10-12H,9H2,1-4H3,(H,22,27)(H,23,24,26). The summed E-state index contributed by atoms with van der Waals surface area (Å²) >= 11 is 0. The van der Waals surface area contributed by atoms with Crippen LogP contribution in [0.25, 0.3) is 0 Å². The fourth-order valence-corrected chi connectivity index (χ4v) is 2.51. The first kappa shape index (κ1) is 19.3. The maximum absolute atomic E-state index is 12.2. The molecule has 0 aliphatic heterocycles. The Kier molecular flexibility index (Phi) is 5.30. The fourth-order valence-electron chi connectivity index (χ4n) is 2.51. The molecule has 0 bridgehead atoms. The molecule has 146 valence electrons. The third kappa shape index (κ3) is 4.85. The maximum atomic E-state index is 12.2. The number of anilines is 2. The van der Waals surface area contributed by atoms with E-state index in [4.69, 9.17) is 4.52 Å². The summed E-state index contributed by atoms with van der Waals surface area (Å²) in [5.41, 5.74) is 1.76.